The van der Waals surface area contributed by atoms with Crippen molar-refractivity contribution >= 4 is 22.2 Å². The number of hydrogen-bond acceptors (Lipinski definition) is 3. The predicted octanol–water partition coefficient (Wildman–Crippen LogP) is 3.79. The van der Waals surface area contributed by atoms with Gasteiger partial charge in [-0.05, 0) is 26.3 Å². The van der Waals surface area contributed by atoms with Crippen molar-refractivity contribution in [2.75, 3.05) is 18.8 Å². The second kappa shape index (κ2) is 6.09. The fourth-order valence-electron chi connectivity index (χ4n) is 2.21. The lowest BCUT2D eigenvalue weighted by Crippen LogP contribution is -2.31. The number of carbonyl (C=O) groups excluding carboxylic acids is 1. The van der Waals surface area contributed by atoms with Crippen LogP contribution in [0.25, 0.3) is 11.1 Å². The largest absolute Gasteiger partial charge is 0.390 e. The van der Waals surface area contributed by atoms with Crippen LogP contribution in [0.2, 0.25) is 0 Å². The summed E-state index contributed by atoms with van der Waals surface area (Å²) in [6.45, 7) is 7.40. The van der Waals surface area contributed by atoms with Gasteiger partial charge < -0.3 is 10.6 Å². The number of nitrogens with zero attached hydrogens (tertiary/aromatic N) is 1. The molecule has 0 spiro atoms. The molecule has 0 aliphatic carbocycles. The Bertz CT molecular complexity index is 597. The van der Waals surface area contributed by atoms with Crippen LogP contribution in [0.1, 0.15) is 29.8 Å². The molecule has 0 aliphatic rings. The highest BCUT2D eigenvalue weighted by molar-refractivity contribution is 7.15. The highest BCUT2D eigenvalue weighted by atomic mass is 32.1. The van der Waals surface area contributed by atoms with Crippen molar-refractivity contribution in [3.63, 3.8) is 0 Å². The summed E-state index contributed by atoms with van der Waals surface area (Å²) in [6, 6.07) is 8.18. The van der Waals surface area contributed by atoms with E-state index in [9.17, 15) is 4.79 Å². The number of aryl methyl sites for hydroxylation is 1. The molecule has 3 nitrogen and oxygen atoms in total. The zero-order valence-electron chi connectivity index (χ0n) is 12.1. The number of nitrogens with two attached hydrogens (primary N) is 1. The first kappa shape index (κ1) is 14.6. The molecule has 1 heterocycles. The third-order valence-corrected chi connectivity index (χ3v) is 4.26. The third-order valence-electron chi connectivity index (χ3n) is 3.45. The molecule has 2 N–H and O–H groups in total. The normalized spacial score (nSPS) is 10.6. The number of carbonyl (C=O) groups is 1. The van der Waals surface area contributed by atoms with Gasteiger partial charge in [-0.15, -0.1) is 11.3 Å². The molecule has 0 fully saturated rings. The molecule has 0 bridgehead atoms. The molecule has 4 heteroatoms. The predicted molar refractivity (Wildman–Crippen MR) is 86.2 cm³/mol. The Hall–Kier alpha value is -1.81. The van der Waals surface area contributed by atoms with Gasteiger partial charge in [0.15, 0.2) is 0 Å². The van der Waals surface area contributed by atoms with Gasteiger partial charge in [0.1, 0.15) is 0 Å². The van der Waals surface area contributed by atoms with Crippen LogP contribution in [0.5, 0.6) is 0 Å². The first-order valence-corrected chi connectivity index (χ1v) is 7.69. The third kappa shape index (κ3) is 2.70. The monoisotopic (exact) mass is 288 g/mol. The molecule has 2 rings (SSSR count). The minimum absolute atomic E-state index is 0.0179. The first-order valence-electron chi connectivity index (χ1n) is 6.81. The smallest absolute Gasteiger partial charge is 0.257 e. The van der Waals surface area contributed by atoms with Gasteiger partial charge in [0, 0.05) is 24.0 Å². The minimum atomic E-state index is 0.0179. The second-order valence-corrected chi connectivity index (χ2v) is 5.64. The van der Waals surface area contributed by atoms with Crippen LogP contribution in [0.4, 0.5) is 5.00 Å². The van der Waals surface area contributed by atoms with Crippen molar-refractivity contribution in [1.82, 2.24) is 4.90 Å². The lowest BCUT2D eigenvalue weighted by atomic mass is 10.0. The Morgan fingerprint density at radius 1 is 1.20 bits per heavy atom. The van der Waals surface area contributed by atoms with E-state index in [0.29, 0.717) is 23.7 Å². The van der Waals surface area contributed by atoms with E-state index in [1.807, 2.05) is 38.3 Å². The SMILES string of the molecule is CCN(CC)C(=O)c1c(-c2ccc(C)cc2)csc1N. The highest BCUT2D eigenvalue weighted by Gasteiger charge is 2.22. The summed E-state index contributed by atoms with van der Waals surface area (Å²) < 4.78 is 0. The molecule has 20 heavy (non-hydrogen) atoms. The van der Waals surface area contributed by atoms with Crippen molar-refractivity contribution in [2.45, 2.75) is 20.8 Å². The minimum Gasteiger partial charge on any atom is -0.390 e. The maximum Gasteiger partial charge on any atom is 0.257 e. The average Bonchev–Trinajstić information content (AvgIpc) is 2.82. The lowest BCUT2D eigenvalue weighted by molar-refractivity contribution is 0.0775. The van der Waals surface area contributed by atoms with E-state index in [4.69, 9.17) is 5.73 Å². The maximum atomic E-state index is 12.6. The fourth-order valence-corrected chi connectivity index (χ4v) is 3.02. The number of rotatable bonds is 4. The summed E-state index contributed by atoms with van der Waals surface area (Å²) in [5, 5.41) is 2.56. The quantitative estimate of drug-likeness (QED) is 0.930. The van der Waals surface area contributed by atoms with Crippen LogP contribution in [0, 0.1) is 6.92 Å². The maximum absolute atomic E-state index is 12.6. The molecular weight excluding hydrogens is 268 g/mol. The Kier molecular flexibility index (Phi) is 4.45. The van der Waals surface area contributed by atoms with Crippen molar-refractivity contribution in [2.24, 2.45) is 0 Å². The van der Waals surface area contributed by atoms with Crippen molar-refractivity contribution < 1.29 is 4.79 Å². The molecular formula is C16H20N2OS. The zero-order valence-corrected chi connectivity index (χ0v) is 13.0. The average molecular weight is 288 g/mol. The van der Waals surface area contributed by atoms with Gasteiger partial charge in [-0.1, -0.05) is 29.8 Å². The lowest BCUT2D eigenvalue weighted by Gasteiger charge is -2.19. The number of benzene rings is 1. The number of anilines is 1. The van der Waals surface area contributed by atoms with Crippen LogP contribution in [0.15, 0.2) is 29.6 Å². The second-order valence-electron chi connectivity index (χ2n) is 4.73. The number of hydrogen-bond donors (Lipinski definition) is 1. The van der Waals surface area contributed by atoms with Gasteiger partial charge in [-0.3, -0.25) is 4.79 Å². The zero-order chi connectivity index (χ0) is 14.7. The molecule has 0 saturated heterocycles. The Morgan fingerprint density at radius 3 is 2.35 bits per heavy atom. The van der Waals surface area contributed by atoms with E-state index in [0.717, 1.165) is 11.1 Å². The molecule has 0 atom stereocenters. The molecule has 1 amide bonds. The number of nitrogen functional groups attached to an aromatic ring is 1. The molecule has 106 valence electrons. The highest BCUT2D eigenvalue weighted by Crippen LogP contribution is 2.34. The van der Waals surface area contributed by atoms with Crippen LogP contribution in [-0.2, 0) is 0 Å². The van der Waals surface area contributed by atoms with Crippen LogP contribution >= 0.6 is 11.3 Å². The molecule has 1 aromatic carbocycles. The summed E-state index contributed by atoms with van der Waals surface area (Å²) >= 11 is 1.43. The van der Waals surface area contributed by atoms with E-state index < -0.39 is 0 Å². The van der Waals surface area contributed by atoms with Crippen LogP contribution < -0.4 is 5.73 Å². The van der Waals surface area contributed by atoms with Gasteiger partial charge in [-0.25, -0.2) is 0 Å². The molecule has 0 unspecified atom stereocenters. The fraction of sp³-hybridized carbons (Fsp3) is 0.312. The standard InChI is InChI=1S/C16H20N2OS/c1-4-18(5-2)16(19)14-13(10-20-15(14)17)12-8-6-11(3)7-9-12/h6-10H,4-5,17H2,1-3H3. The molecule has 2 aromatic rings. The summed E-state index contributed by atoms with van der Waals surface area (Å²) in [5.41, 5.74) is 9.85. The van der Waals surface area contributed by atoms with Crippen LogP contribution in [0.3, 0.4) is 0 Å². The summed E-state index contributed by atoms with van der Waals surface area (Å²) in [4.78, 5) is 14.4. The van der Waals surface area contributed by atoms with E-state index in [2.05, 4.69) is 12.1 Å². The Balaban J connectivity index is 2.47. The molecule has 0 radical (unpaired) electrons. The Morgan fingerprint density at radius 2 is 1.80 bits per heavy atom. The van der Waals surface area contributed by atoms with Crippen LogP contribution in [-0.4, -0.2) is 23.9 Å². The Labute approximate surface area is 124 Å². The first-order chi connectivity index (χ1) is 9.58. The topological polar surface area (TPSA) is 46.3 Å². The van der Waals surface area contributed by atoms with Gasteiger partial charge in [0.05, 0.1) is 10.6 Å². The van der Waals surface area contributed by atoms with E-state index in [-0.39, 0.29) is 5.91 Å². The molecule has 0 aliphatic heterocycles. The van der Waals surface area contributed by atoms with Crippen molar-refractivity contribution in [1.29, 1.82) is 0 Å². The summed E-state index contributed by atoms with van der Waals surface area (Å²) in [6.07, 6.45) is 0. The van der Waals surface area contributed by atoms with E-state index >= 15 is 0 Å². The molecule has 0 saturated carbocycles. The van der Waals surface area contributed by atoms with Gasteiger partial charge in [-0.2, -0.15) is 0 Å². The molecule has 1 aromatic heterocycles. The van der Waals surface area contributed by atoms with E-state index in [1.54, 1.807) is 4.90 Å². The van der Waals surface area contributed by atoms with Gasteiger partial charge in [0.25, 0.3) is 5.91 Å². The summed E-state index contributed by atoms with van der Waals surface area (Å²) in [5.74, 6) is 0.0179. The van der Waals surface area contributed by atoms with E-state index in [1.165, 1.54) is 16.9 Å². The van der Waals surface area contributed by atoms with Gasteiger partial charge in [0.2, 0.25) is 0 Å². The number of amides is 1. The summed E-state index contributed by atoms with van der Waals surface area (Å²) in [7, 11) is 0. The number of thiophene rings is 1. The van der Waals surface area contributed by atoms with Crippen molar-refractivity contribution in [3.8, 4) is 11.1 Å². The van der Waals surface area contributed by atoms with Gasteiger partial charge >= 0.3 is 0 Å². The van der Waals surface area contributed by atoms with Crippen molar-refractivity contribution in [3.05, 3.63) is 40.8 Å².